The summed E-state index contributed by atoms with van der Waals surface area (Å²) in [5.74, 6) is -0.728. The van der Waals surface area contributed by atoms with Crippen LogP contribution in [0.5, 0.6) is 0 Å². The van der Waals surface area contributed by atoms with E-state index < -0.39 is 5.91 Å². The Labute approximate surface area is 173 Å². The number of rotatable bonds is 6. The molecule has 0 radical (unpaired) electrons. The van der Waals surface area contributed by atoms with E-state index in [0.29, 0.717) is 30.6 Å². The van der Waals surface area contributed by atoms with Crippen LogP contribution < -0.4 is 11.1 Å². The summed E-state index contributed by atoms with van der Waals surface area (Å²) >= 11 is 0.809. The molecular formula is C20H23N5O3S. The Hall–Kier alpha value is -2.83. The van der Waals surface area contributed by atoms with E-state index in [1.54, 1.807) is 29.2 Å². The van der Waals surface area contributed by atoms with Crippen molar-refractivity contribution in [1.29, 1.82) is 5.26 Å². The Morgan fingerprint density at radius 2 is 2.10 bits per heavy atom. The molecule has 29 heavy (non-hydrogen) atoms. The van der Waals surface area contributed by atoms with Crippen LogP contribution in [0.4, 0.5) is 0 Å². The number of aliphatic imine (C=N–C) groups is 1. The van der Waals surface area contributed by atoms with Gasteiger partial charge in [0.25, 0.3) is 11.8 Å². The van der Waals surface area contributed by atoms with Crippen LogP contribution in [-0.4, -0.2) is 51.9 Å². The van der Waals surface area contributed by atoms with Crippen molar-refractivity contribution in [2.45, 2.75) is 30.6 Å². The molecule has 1 aliphatic heterocycles. The monoisotopic (exact) mass is 413 g/mol. The second-order valence-electron chi connectivity index (χ2n) is 7.21. The van der Waals surface area contributed by atoms with Gasteiger partial charge in [-0.05, 0) is 49.0 Å². The number of carbonyl (C=O) groups is 2. The van der Waals surface area contributed by atoms with Gasteiger partial charge >= 0.3 is 0 Å². The SMILES string of the molecule is CN=C1C(=O)N(CC2(SO)CC2)CC/C1=C(/N)C(=O)NCc1ccc(C#N)cc1. The van der Waals surface area contributed by atoms with Gasteiger partial charge in [0, 0.05) is 32.3 Å². The minimum absolute atomic E-state index is 0.00934. The van der Waals surface area contributed by atoms with Crippen molar-refractivity contribution in [1.82, 2.24) is 10.2 Å². The number of likely N-dealkylation sites (tertiary alicyclic amines) is 1. The first-order valence-electron chi connectivity index (χ1n) is 9.28. The second-order valence-corrected chi connectivity index (χ2v) is 8.26. The minimum atomic E-state index is -0.462. The van der Waals surface area contributed by atoms with Gasteiger partial charge < -0.3 is 20.5 Å². The summed E-state index contributed by atoms with van der Waals surface area (Å²) in [7, 11) is 1.51. The molecule has 0 aromatic heterocycles. The summed E-state index contributed by atoms with van der Waals surface area (Å²) in [5, 5.41) is 11.6. The van der Waals surface area contributed by atoms with E-state index >= 15 is 0 Å². The normalized spacial score (nSPS) is 20.9. The number of nitrogens with one attached hydrogen (secondary N) is 1. The van der Waals surface area contributed by atoms with Gasteiger partial charge in [0.05, 0.1) is 16.4 Å². The number of amides is 2. The first-order valence-corrected chi connectivity index (χ1v) is 10.1. The van der Waals surface area contributed by atoms with Crippen molar-refractivity contribution < 1.29 is 14.1 Å². The van der Waals surface area contributed by atoms with Gasteiger partial charge in [-0.25, -0.2) is 0 Å². The number of hydrogen-bond donors (Lipinski definition) is 3. The molecule has 2 amide bonds. The van der Waals surface area contributed by atoms with Crippen LogP contribution in [0.15, 0.2) is 40.5 Å². The van der Waals surface area contributed by atoms with Crippen LogP contribution in [-0.2, 0) is 16.1 Å². The molecule has 152 valence electrons. The highest BCUT2D eigenvalue weighted by molar-refractivity contribution is 7.95. The number of nitriles is 1. The first kappa shape index (κ1) is 20.9. The molecule has 2 aliphatic rings. The molecule has 3 rings (SSSR count). The Bertz CT molecular complexity index is 913. The van der Waals surface area contributed by atoms with Crippen molar-refractivity contribution in [2.24, 2.45) is 10.7 Å². The van der Waals surface area contributed by atoms with Gasteiger partial charge in [0.15, 0.2) is 0 Å². The molecule has 8 nitrogen and oxygen atoms in total. The lowest BCUT2D eigenvalue weighted by molar-refractivity contribution is -0.124. The Balaban J connectivity index is 1.67. The fourth-order valence-corrected chi connectivity index (χ4v) is 3.76. The quantitative estimate of drug-likeness (QED) is 0.477. The maximum atomic E-state index is 12.8. The van der Waals surface area contributed by atoms with Crippen molar-refractivity contribution in [2.75, 3.05) is 20.1 Å². The first-order chi connectivity index (χ1) is 13.9. The van der Waals surface area contributed by atoms with Gasteiger partial charge in [-0.3, -0.25) is 14.6 Å². The smallest absolute Gasteiger partial charge is 0.272 e. The molecule has 4 N–H and O–H groups in total. The molecule has 1 saturated heterocycles. The largest absolute Gasteiger partial charge is 0.394 e. The number of nitrogens with zero attached hydrogens (tertiary/aromatic N) is 3. The number of nitrogens with two attached hydrogens (primary N) is 1. The Morgan fingerprint density at radius 3 is 2.66 bits per heavy atom. The van der Waals surface area contributed by atoms with Gasteiger partial charge in [-0.2, -0.15) is 5.26 Å². The molecule has 1 aliphatic carbocycles. The van der Waals surface area contributed by atoms with Crippen molar-refractivity contribution in [3.63, 3.8) is 0 Å². The molecular weight excluding hydrogens is 390 g/mol. The van der Waals surface area contributed by atoms with Crippen LogP contribution >= 0.6 is 12.0 Å². The highest BCUT2D eigenvalue weighted by Gasteiger charge is 2.47. The minimum Gasteiger partial charge on any atom is -0.394 e. The van der Waals surface area contributed by atoms with E-state index in [1.807, 2.05) is 6.07 Å². The van der Waals surface area contributed by atoms with Gasteiger partial charge in [0.1, 0.15) is 11.4 Å². The predicted octanol–water partition coefficient (Wildman–Crippen LogP) is 1.43. The second kappa shape index (κ2) is 8.68. The van der Waals surface area contributed by atoms with E-state index in [1.165, 1.54) is 7.05 Å². The lowest BCUT2D eigenvalue weighted by atomic mass is 9.97. The zero-order valence-corrected chi connectivity index (χ0v) is 17.0. The van der Waals surface area contributed by atoms with Crippen molar-refractivity contribution in [3.05, 3.63) is 46.7 Å². The molecule has 1 saturated carbocycles. The number of hydrogen-bond acceptors (Lipinski definition) is 7. The Kier molecular flexibility index (Phi) is 6.25. The molecule has 2 fully saturated rings. The third kappa shape index (κ3) is 4.60. The highest BCUT2D eigenvalue weighted by atomic mass is 32.2. The predicted molar refractivity (Wildman–Crippen MR) is 111 cm³/mol. The molecule has 1 aromatic carbocycles. The molecule has 0 atom stereocenters. The summed E-state index contributed by atoms with van der Waals surface area (Å²) in [6, 6.07) is 8.92. The van der Waals surface area contributed by atoms with E-state index in [4.69, 9.17) is 11.0 Å². The number of carbonyl (C=O) groups excluding carboxylic acids is 2. The highest BCUT2D eigenvalue weighted by Crippen LogP contribution is 2.47. The standard InChI is InChI=1S/C20H23N5O3S/c1-23-17-15(6-9-25(19(17)27)12-20(29-28)7-8-20)16(22)18(26)24-11-14-4-2-13(10-21)3-5-14/h2-5,28H,6-9,11-12,22H2,1H3,(H,24,26)/b16-15-,23-17?. The molecule has 1 heterocycles. The zero-order valence-electron chi connectivity index (χ0n) is 16.1. The van der Waals surface area contributed by atoms with Crippen LogP contribution in [0.2, 0.25) is 0 Å². The third-order valence-corrected chi connectivity index (χ3v) is 6.14. The van der Waals surface area contributed by atoms with Gasteiger partial charge in [-0.1, -0.05) is 12.1 Å². The van der Waals surface area contributed by atoms with Crippen molar-refractivity contribution in [3.8, 4) is 6.07 Å². The van der Waals surface area contributed by atoms with Crippen LogP contribution in [0, 0.1) is 11.3 Å². The van der Waals surface area contributed by atoms with E-state index in [-0.39, 0.29) is 28.6 Å². The van der Waals surface area contributed by atoms with E-state index in [2.05, 4.69) is 10.3 Å². The van der Waals surface area contributed by atoms with E-state index in [0.717, 1.165) is 30.4 Å². The molecule has 0 spiro atoms. The fourth-order valence-electron chi connectivity index (χ4n) is 3.27. The number of benzene rings is 1. The third-order valence-electron chi connectivity index (χ3n) is 5.22. The molecule has 0 bridgehead atoms. The maximum Gasteiger partial charge on any atom is 0.272 e. The van der Waals surface area contributed by atoms with Crippen LogP contribution in [0.25, 0.3) is 0 Å². The van der Waals surface area contributed by atoms with E-state index in [9.17, 15) is 14.1 Å². The van der Waals surface area contributed by atoms with Gasteiger partial charge in [0.2, 0.25) is 0 Å². The average Bonchev–Trinajstić information content (AvgIpc) is 3.53. The van der Waals surface area contributed by atoms with Crippen LogP contribution in [0.1, 0.15) is 30.4 Å². The van der Waals surface area contributed by atoms with Crippen molar-refractivity contribution >= 4 is 29.6 Å². The summed E-state index contributed by atoms with van der Waals surface area (Å²) in [6.07, 6.45) is 2.18. The average molecular weight is 414 g/mol. The summed E-state index contributed by atoms with van der Waals surface area (Å²) < 4.78 is 9.18. The number of piperidine rings is 1. The summed E-state index contributed by atoms with van der Waals surface area (Å²) in [5.41, 5.74) is 8.09. The fraction of sp³-hybridized carbons (Fsp3) is 0.400. The lowest BCUT2D eigenvalue weighted by Crippen LogP contribution is -2.47. The van der Waals surface area contributed by atoms with Crippen LogP contribution in [0.3, 0.4) is 0 Å². The molecule has 9 heteroatoms. The Morgan fingerprint density at radius 1 is 1.41 bits per heavy atom. The topological polar surface area (TPSA) is 132 Å². The summed E-state index contributed by atoms with van der Waals surface area (Å²) in [6.45, 7) is 1.15. The summed E-state index contributed by atoms with van der Waals surface area (Å²) in [4.78, 5) is 31.1. The zero-order chi connectivity index (χ0) is 21.0. The maximum absolute atomic E-state index is 12.8. The lowest BCUT2D eigenvalue weighted by Gasteiger charge is -2.32. The molecule has 0 unspecified atom stereocenters. The van der Waals surface area contributed by atoms with Gasteiger partial charge in [-0.15, -0.1) is 0 Å². The molecule has 1 aromatic rings.